The first-order chi connectivity index (χ1) is 17.8. The lowest BCUT2D eigenvalue weighted by Gasteiger charge is -2.25. The lowest BCUT2D eigenvalue weighted by molar-refractivity contribution is -0.384. The molecule has 190 valence electrons. The van der Waals surface area contributed by atoms with Gasteiger partial charge in [0.05, 0.1) is 23.1 Å². The zero-order valence-corrected chi connectivity index (χ0v) is 20.6. The molecule has 1 unspecified atom stereocenters. The van der Waals surface area contributed by atoms with Crippen LogP contribution in [-0.4, -0.2) is 38.2 Å². The van der Waals surface area contributed by atoms with Crippen LogP contribution in [0.2, 0.25) is 0 Å². The second-order valence-electron chi connectivity index (χ2n) is 8.82. The van der Waals surface area contributed by atoms with E-state index in [4.69, 9.17) is 4.74 Å². The highest BCUT2D eigenvalue weighted by atomic mass is 16.6. The molecule has 0 aliphatic carbocycles. The molecule has 3 aromatic rings. The van der Waals surface area contributed by atoms with E-state index in [0.717, 1.165) is 12.8 Å². The maximum absolute atomic E-state index is 13.3. The molecule has 1 N–H and O–H groups in total. The van der Waals surface area contributed by atoms with Gasteiger partial charge in [-0.1, -0.05) is 31.5 Å². The molecule has 4 rings (SSSR count). The van der Waals surface area contributed by atoms with E-state index in [1.165, 1.54) is 23.1 Å². The second-order valence-corrected chi connectivity index (χ2v) is 8.82. The summed E-state index contributed by atoms with van der Waals surface area (Å²) in [6, 6.07) is 13.3. The maximum Gasteiger partial charge on any atom is 0.295 e. The number of non-ortho nitro benzene ring substituents is 1. The van der Waals surface area contributed by atoms with Gasteiger partial charge in [0.25, 0.3) is 17.4 Å². The molecule has 1 fully saturated rings. The average Bonchev–Trinajstić information content (AvgIpc) is 3.14. The van der Waals surface area contributed by atoms with Crippen molar-refractivity contribution in [3.63, 3.8) is 0 Å². The van der Waals surface area contributed by atoms with Crippen molar-refractivity contribution >= 4 is 23.1 Å². The lowest BCUT2D eigenvalue weighted by atomic mass is 9.93. The molecule has 1 saturated heterocycles. The number of aliphatic hydroxyl groups excluding tert-OH is 1. The monoisotopic (exact) mass is 501 g/mol. The predicted molar refractivity (Wildman–Crippen MR) is 137 cm³/mol. The van der Waals surface area contributed by atoms with E-state index in [0.29, 0.717) is 34.6 Å². The molecule has 9 heteroatoms. The number of amides is 1. The van der Waals surface area contributed by atoms with Gasteiger partial charge in [-0.15, -0.1) is 0 Å². The van der Waals surface area contributed by atoms with Crippen molar-refractivity contribution in [3.05, 3.63) is 105 Å². The van der Waals surface area contributed by atoms with Gasteiger partial charge in [-0.3, -0.25) is 24.7 Å². The second kappa shape index (κ2) is 11.0. The van der Waals surface area contributed by atoms with Crippen LogP contribution in [0.15, 0.2) is 72.6 Å². The number of aliphatic hydroxyl groups is 1. The van der Waals surface area contributed by atoms with Gasteiger partial charge in [-0.2, -0.15) is 0 Å². The smallest absolute Gasteiger partial charge is 0.295 e. The van der Waals surface area contributed by atoms with Crippen molar-refractivity contribution in [2.75, 3.05) is 6.61 Å². The molecule has 0 spiro atoms. The molecule has 1 atom stereocenters. The molecule has 1 aliphatic heterocycles. The number of Topliss-reactive ketones (excluding diaryl/α,β-unsaturated/α-hetero) is 1. The molecular formula is C28H27N3O6. The minimum atomic E-state index is -1.03. The number of unbranched alkanes of at least 4 members (excludes halogenated alkanes) is 1. The molecule has 1 aromatic heterocycles. The topological polar surface area (TPSA) is 123 Å². The Morgan fingerprint density at radius 2 is 1.97 bits per heavy atom. The van der Waals surface area contributed by atoms with Gasteiger partial charge in [0, 0.05) is 36.6 Å². The molecule has 1 aliphatic rings. The number of benzene rings is 2. The van der Waals surface area contributed by atoms with E-state index < -0.39 is 22.7 Å². The number of hydrogen-bond donors (Lipinski definition) is 1. The summed E-state index contributed by atoms with van der Waals surface area (Å²) in [4.78, 5) is 42.8. The summed E-state index contributed by atoms with van der Waals surface area (Å²) in [5.74, 6) is -1.38. The van der Waals surface area contributed by atoms with E-state index in [2.05, 4.69) is 11.9 Å². The summed E-state index contributed by atoms with van der Waals surface area (Å²) < 4.78 is 5.74. The number of nitro benzene ring substituents is 1. The van der Waals surface area contributed by atoms with Crippen LogP contribution in [0.1, 0.15) is 48.1 Å². The fraction of sp³-hybridized carbons (Fsp3) is 0.250. The summed E-state index contributed by atoms with van der Waals surface area (Å²) >= 11 is 0. The van der Waals surface area contributed by atoms with Crippen molar-refractivity contribution < 1.29 is 24.4 Å². The summed E-state index contributed by atoms with van der Waals surface area (Å²) in [6.07, 6.45) is 5.07. The van der Waals surface area contributed by atoms with Crippen LogP contribution in [-0.2, 0) is 16.1 Å². The first-order valence-electron chi connectivity index (χ1n) is 12.0. The SMILES string of the molecule is CCCCOc1ccc(C(O)=C2C(=O)C(=O)N(Cc3cccnc3)C2c2cccc([N+](=O)[O-])c2)c(C)c1. The number of carbonyl (C=O) groups excluding carboxylic acids is 2. The standard InChI is InChI=1S/C28H27N3O6/c1-3-4-13-37-22-10-11-23(18(2)14-22)26(32)24-25(20-8-5-9-21(15-20)31(35)36)30(28(34)27(24)33)17-19-7-6-12-29-16-19/h5-12,14-16,25,32H,3-4,13,17H2,1-2H3. The van der Waals surface area contributed by atoms with Crippen LogP contribution in [0, 0.1) is 17.0 Å². The number of nitrogens with zero attached hydrogens (tertiary/aromatic N) is 3. The van der Waals surface area contributed by atoms with E-state index in [1.54, 1.807) is 55.7 Å². The third kappa shape index (κ3) is 5.35. The van der Waals surface area contributed by atoms with E-state index in [9.17, 15) is 24.8 Å². The summed E-state index contributed by atoms with van der Waals surface area (Å²) in [5, 5.41) is 22.8. The Hall–Kier alpha value is -4.53. The van der Waals surface area contributed by atoms with Gasteiger partial charge in [-0.05, 0) is 54.3 Å². The van der Waals surface area contributed by atoms with Gasteiger partial charge < -0.3 is 14.7 Å². The zero-order chi connectivity index (χ0) is 26.5. The number of rotatable bonds is 9. The Morgan fingerprint density at radius 3 is 2.65 bits per heavy atom. The van der Waals surface area contributed by atoms with E-state index in [-0.39, 0.29) is 23.6 Å². The highest BCUT2D eigenvalue weighted by Gasteiger charge is 2.46. The Bertz CT molecular complexity index is 1370. The molecule has 0 bridgehead atoms. The summed E-state index contributed by atoms with van der Waals surface area (Å²) in [6.45, 7) is 4.44. The molecular weight excluding hydrogens is 474 g/mol. The van der Waals surface area contributed by atoms with Crippen LogP contribution in [0.5, 0.6) is 5.75 Å². The quantitative estimate of drug-likeness (QED) is 0.108. The molecule has 2 aromatic carbocycles. The molecule has 37 heavy (non-hydrogen) atoms. The van der Waals surface area contributed by atoms with Gasteiger partial charge in [0.1, 0.15) is 11.5 Å². The van der Waals surface area contributed by atoms with Crippen LogP contribution in [0.25, 0.3) is 5.76 Å². The summed E-state index contributed by atoms with van der Waals surface area (Å²) in [7, 11) is 0. The first kappa shape index (κ1) is 25.6. The van der Waals surface area contributed by atoms with Crippen LogP contribution in [0.3, 0.4) is 0 Å². The minimum absolute atomic E-state index is 0.0335. The maximum atomic E-state index is 13.3. The normalized spacial score (nSPS) is 16.7. The van der Waals surface area contributed by atoms with Gasteiger partial charge >= 0.3 is 0 Å². The Balaban J connectivity index is 1.82. The first-order valence-corrected chi connectivity index (χ1v) is 12.0. The fourth-order valence-corrected chi connectivity index (χ4v) is 4.36. The number of hydrogen-bond acceptors (Lipinski definition) is 7. The molecule has 0 radical (unpaired) electrons. The van der Waals surface area contributed by atoms with Crippen LogP contribution < -0.4 is 4.74 Å². The predicted octanol–water partition coefficient (Wildman–Crippen LogP) is 5.10. The molecule has 0 saturated carbocycles. The van der Waals surface area contributed by atoms with Gasteiger partial charge in [-0.25, -0.2) is 0 Å². The zero-order valence-electron chi connectivity index (χ0n) is 20.6. The Morgan fingerprint density at radius 1 is 1.16 bits per heavy atom. The average molecular weight is 502 g/mol. The van der Waals surface area contributed by atoms with Crippen molar-refractivity contribution in [1.82, 2.24) is 9.88 Å². The molecule has 2 heterocycles. The van der Waals surface area contributed by atoms with Crippen molar-refractivity contribution in [3.8, 4) is 5.75 Å². The van der Waals surface area contributed by atoms with E-state index in [1.807, 2.05) is 0 Å². The number of likely N-dealkylation sites (tertiary alicyclic amines) is 1. The van der Waals surface area contributed by atoms with Crippen molar-refractivity contribution in [2.45, 2.75) is 39.3 Å². The Labute approximate surface area is 214 Å². The van der Waals surface area contributed by atoms with Crippen LogP contribution in [0.4, 0.5) is 5.69 Å². The Kier molecular flexibility index (Phi) is 7.62. The van der Waals surface area contributed by atoms with Gasteiger partial charge in [0.15, 0.2) is 0 Å². The number of carbonyl (C=O) groups is 2. The number of nitro groups is 1. The van der Waals surface area contributed by atoms with Gasteiger partial charge in [0.2, 0.25) is 0 Å². The van der Waals surface area contributed by atoms with E-state index >= 15 is 0 Å². The lowest BCUT2D eigenvalue weighted by Crippen LogP contribution is -2.29. The third-order valence-corrected chi connectivity index (χ3v) is 6.23. The molecule has 9 nitrogen and oxygen atoms in total. The number of ether oxygens (including phenoxy) is 1. The molecule has 1 amide bonds. The largest absolute Gasteiger partial charge is 0.507 e. The highest BCUT2D eigenvalue weighted by molar-refractivity contribution is 6.46. The minimum Gasteiger partial charge on any atom is -0.507 e. The van der Waals surface area contributed by atoms with Crippen molar-refractivity contribution in [1.29, 1.82) is 0 Å². The fourth-order valence-electron chi connectivity index (χ4n) is 4.36. The third-order valence-electron chi connectivity index (χ3n) is 6.23. The number of aromatic nitrogens is 1. The number of pyridine rings is 1. The number of ketones is 1. The van der Waals surface area contributed by atoms with Crippen LogP contribution >= 0.6 is 0 Å². The van der Waals surface area contributed by atoms with Crippen molar-refractivity contribution in [2.24, 2.45) is 0 Å². The number of aryl methyl sites for hydroxylation is 1. The summed E-state index contributed by atoms with van der Waals surface area (Å²) in [5.41, 5.74) is 1.73. The highest BCUT2D eigenvalue weighted by Crippen LogP contribution is 2.41.